The van der Waals surface area contributed by atoms with Gasteiger partial charge in [0.05, 0.1) is 38.0 Å². The number of hydrogen-bond acceptors (Lipinski definition) is 9. The maximum absolute atomic E-state index is 14.5. The molecule has 1 atom stereocenters. The summed E-state index contributed by atoms with van der Waals surface area (Å²) in [6.45, 7) is 11.0. The Morgan fingerprint density at radius 2 is 1.90 bits per heavy atom. The number of carbonyl (C=O) groups excluding carboxylic acids is 2. The molecular formula is C39H51N7O5. The number of esters is 1. The third-order valence-electron chi connectivity index (χ3n) is 9.86. The number of aromatic nitrogens is 2. The van der Waals surface area contributed by atoms with Gasteiger partial charge in [-0.3, -0.25) is 14.5 Å². The Morgan fingerprint density at radius 1 is 1.12 bits per heavy atom. The predicted octanol–water partition coefficient (Wildman–Crippen LogP) is 7.91. The molecule has 0 bridgehead atoms. The second kappa shape index (κ2) is 17.4. The van der Waals surface area contributed by atoms with Crippen LogP contribution in [-0.2, 0) is 9.53 Å². The molecule has 1 saturated carbocycles. The van der Waals surface area contributed by atoms with Crippen molar-refractivity contribution < 1.29 is 23.8 Å². The molecule has 51 heavy (non-hydrogen) atoms. The van der Waals surface area contributed by atoms with Gasteiger partial charge in [-0.15, -0.1) is 0 Å². The molecule has 1 saturated heterocycles. The normalized spacial score (nSPS) is 15.4. The summed E-state index contributed by atoms with van der Waals surface area (Å²) in [6.07, 6.45) is 6.78. The average Bonchev–Trinajstić information content (AvgIpc) is 3.98. The molecule has 2 aliphatic rings. The molecule has 12 heteroatoms. The Kier molecular flexibility index (Phi) is 12.8. The van der Waals surface area contributed by atoms with Crippen molar-refractivity contribution >= 4 is 23.4 Å². The molecule has 12 nitrogen and oxygen atoms in total. The number of carbonyl (C=O) groups is 2. The highest BCUT2D eigenvalue weighted by molar-refractivity contribution is 6.09. The first-order valence-electron chi connectivity index (χ1n) is 18.0. The van der Waals surface area contributed by atoms with Gasteiger partial charge in [0, 0.05) is 55.1 Å². The van der Waals surface area contributed by atoms with Crippen LogP contribution >= 0.6 is 0 Å². The van der Waals surface area contributed by atoms with Crippen molar-refractivity contribution in [3.63, 3.8) is 0 Å². The van der Waals surface area contributed by atoms with Crippen molar-refractivity contribution in [1.82, 2.24) is 9.97 Å². The van der Waals surface area contributed by atoms with Gasteiger partial charge in [0.15, 0.2) is 0 Å². The van der Waals surface area contributed by atoms with E-state index in [-0.39, 0.29) is 23.2 Å². The first-order chi connectivity index (χ1) is 24.6. The minimum Gasteiger partial charge on any atom is -0.497 e. The van der Waals surface area contributed by atoms with Crippen LogP contribution in [0.4, 0.5) is 11.5 Å². The number of rotatable bonds is 17. The maximum atomic E-state index is 14.5. The summed E-state index contributed by atoms with van der Waals surface area (Å²) in [5.41, 5.74) is 11.8. The minimum absolute atomic E-state index is 0.124. The Balaban J connectivity index is 1.28. The molecular weight excluding hydrogens is 646 g/mol. The van der Waals surface area contributed by atoms with E-state index in [4.69, 9.17) is 24.7 Å². The number of methoxy groups -OCH3 is 1. The Bertz CT molecular complexity index is 1700. The maximum Gasteiger partial charge on any atom is 0.306 e. The van der Waals surface area contributed by atoms with Crippen LogP contribution in [0.2, 0.25) is 0 Å². The van der Waals surface area contributed by atoms with Crippen LogP contribution < -0.4 is 19.3 Å². The third kappa shape index (κ3) is 10.4. The molecule has 1 aromatic carbocycles. The van der Waals surface area contributed by atoms with E-state index in [1.54, 1.807) is 18.2 Å². The van der Waals surface area contributed by atoms with Crippen molar-refractivity contribution in [2.75, 3.05) is 56.3 Å². The number of aryl methyl sites for hydroxylation is 1. The molecule has 1 aliphatic heterocycles. The number of ether oxygens (including phenoxy) is 3. The van der Waals surface area contributed by atoms with Crippen molar-refractivity contribution in [1.29, 1.82) is 0 Å². The summed E-state index contributed by atoms with van der Waals surface area (Å²) < 4.78 is 17.1. The SMILES string of the molecule is CCOC(=O)C[C@H](c1ccnc(OCC2CCN(c3cc(OC)ccc3C(=O)N(CC(C)(C)CCN=[N+]=[N-])c3cccc(C)n3)CC2)c1)C1CC1. The Hall–Kier alpha value is -4.83. The molecule has 0 spiro atoms. The molecule has 2 fully saturated rings. The largest absolute Gasteiger partial charge is 0.497 e. The lowest BCUT2D eigenvalue weighted by Crippen LogP contribution is -2.41. The lowest BCUT2D eigenvalue weighted by atomic mass is 9.88. The zero-order valence-electron chi connectivity index (χ0n) is 30.6. The van der Waals surface area contributed by atoms with E-state index in [9.17, 15) is 9.59 Å². The molecule has 3 heterocycles. The molecule has 1 amide bonds. The van der Waals surface area contributed by atoms with Gasteiger partial charge in [0.2, 0.25) is 5.88 Å². The molecule has 3 aromatic rings. The first-order valence-corrected chi connectivity index (χ1v) is 18.0. The number of pyridine rings is 2. The van der Waals surface area contributed by atoms with Gasteiger partial charge >= 0.3 is 5.97 Å². The number of hydrogen-bond donors (Lipinski definition) is 0. The Morgan fingerprint density at radius 3 is 2.59 bits per heavy atom. The number of anilines is 2. The van der Waals surface area contributed by atoms with Gasteiger partial charge in [-0.25, -0.2) is 9.97 Å². The van der Waals surface area contributed by atoms with Crippen molar-refractivity contribution in [2.24, 2.45) is 22.4 Å². The van der Waals surface area contributed by atoms with Crippen molar-refractivity contribution in [2.45, 2.75) is 72.1 Å². The fraction of sp³-hybridized carbons (Fsp3) is 0.538. The van der Waals surface area contributed by atoms with Gasteiger partial charge in [-0.1, -0.05) is 25.0 Å². The second-order valence-corrected chi connectivity index (χ2v) is 14.4. The van der Waals surface area contributed by atoms with Gasteiger partial charge in [-0.05, 0) is 111 Å². The van der Waals surface area contributed by atoms with Crippen LogP contribution in [0.3, 0.4) is 0 Å². The number of benzene rings is 1. The van der Waals surface area contributed by atoms with Gasteiger partial charge in [-0.2, -0.15) is 0 Å². The van der Waals surface area contributed by atoms with E-state index in [0.29, 0.717) is 74.0 Å². The lowest BCUT2D eigenvalue weighted by Gasteiger charge is -2.36. The summed E-state index contributed by atoms with van der Waals surface area (Å²) >= 11 is 0. The molecule has 0 radical (unpaired) electrons. The minimum atomic E-state index is -0.339. The first kappa shape index (κ1) is 37.4. The highest BCUT2D eigenvalue weighted by Crippen LogP contribution is 2.45. The number of amides is 1. The predicted molar refractivity (Wildman–Crippen MR) is 197 cm³/mol. The molecule has 272 valence electrons. The summed E-state index contributed by atoms with van der Waals surface area (Å²) in [7, 11) is 1.63. The van der Waals surface area contributed by atoms with E-state index in [2.05, 4.69) is 33.8 Å². The van der Waals surface area contributed by atoms with E-state index in [1.165, 1.54) is 0 Å². The topological polar surface area (TPSA) is 143 Å². The number of azide groups is 1. The summed E-state index contributed by atoms with van der Waals surface area (Å²) in [4.78, 5) is 42.9. The fourth-order valence-corrected chi connectivity index (χ4v) is 6.80. The van der Waals surface area contributed by atoms with E-state index >= 15 is 0 Å². The van der Waals surface area contributed by atoms with E-state index in [1.807, 2.05) is 62.4 Å². The van der Waals surface area contributed by atoms with Crippen LogP contribution in [-0.4, -0.2) is 68.3 Å². The lowest BCUT2D eigenvalue weighted by molar-refractivity contribution is -0.143. The molecule has 0 unspecified atom stereocenters. The molecule has 2 aromatic heterocycles. The van der Waals surface area contributed by atoms with E-state index in [0.717, 1.165) is 55.7 Å². The van der Waals surface area contributed by atoms with Crippen LogP contribution in [0.1, 0.15) is 86.8 Å². The zero-order valence-corrected chi connectivity index (χ0v) is 30.6. The summed E-state index contributed by atoms with van der Waals surface area (Å²) in [6, 6.07) is 15.3. The summed E-state index contributed by atoms with van der Waals surface area (Å²) in [5, 5.41) is 3.73. The van der Waals surface area contributed by atoms with Crippen LogP contribution in [0.5, 0.6) is 11.6 Å². The molecule has 5 rings (SSSR count). The number of nitrogens with zero attached hydrogens (tertiary/aromatic N) is 7. The Labute approximate surface area is 301 Å². The quantitative estimate of drug-likeness (QED) is 0.0599. The zero-order chi connectivity index (χ0) is 36.4. The highest BCUT2D eigenvalue weighted by atomic mass is 16.5. The number of piperidine rings is 1. The van der Waals surface area contributed by atoms with Crippen LogP contribution in [0, 0.1) is 24.2 Å². The molecule has 1 aliphatic carbocycles. The average molecular weight is 698 g/mol. The smallest absolute Gasteiger partial charge is 0.306 e. The van der Waals surface area contributed by atoms with Crippen LogP contribution in [0.15, 0.2) is 59.8 Å². The van der Waals surface area contributed by atoms with Crippen LogP contribution in [0.25, 0.3) is 10.4 Å². The monoisotopic (exact) mass is 697 g/mol. The second-order valence-electron chi connectivity index (χ2n) is 14.4. The summed E-state index contributed by atoms with van der Waals surface area (Å²) in [5.74, 6) is 2.48. The van der Waals surface area contributed by atoms with Gasteiger partial charge in [0.1, 0.15) is 11.6 Å². The standard InChI is InChI=1S/C39H51N7O5/c1-6-50-37(47)24-33(29-10-11-29)30-14-18-41-36(22-30)51-25-28-15-20-45(21-16-28)34-23-31(49-5)12-13-32(34)38(48)46(35-9-7-8-27(2)43-35)26-39(3,4)17-19-42-44-40/h7-9,12-14,18,22-23,28-29,33H,6,10-11,15-17,19-21,24-26H2,1-5H3/t33-/m0/s1. The van der Waals surface area contributed by atoms with Crippen molar-refractivity contribution in [3.05, 3.63) is 82.0 Å². The molecule has 0 N–H and O–H groups in total. The fourth-order valence-electron chi connectivity index (χ4n) is 6.80. The van der Waals surface area contributed by atoms with E-state index < -0.39 is 0 Å². The van der Waals surface area contributed by atoms with Gasteiger partial charge in [0.25, 0.3) is 5.91 Å². The van der Waals surface area contributed by atoms with Gasteiger partial charge < -0.3 is 19.1 Å². The highest BCUT2D eigenvalue weighted by Gasteiger charge is 2.35. The van der Waals surface area contributed by atoms with Crippen molar-refractivity contribution in [3.8, 4) is 11.6 Å². The third-order valence-corrected chi connectivity index (χ3v) is 9.86.